The third-order valence-corrected chi connectivity index (χ3v) is 7.92. The molecule has 4 rings (SSSR count). The van der Waals surface area contributed by atoms with Gasteiger partial charge in [0.2, 0.25) is 12.3 Å². The lowest BCUT2D eigenvalue weighted by Crippen LogP contribution is -2.57. The van der Waals surface area contributed by atoms with Crippen molar-refractivity contribution in [3.63, 3.8) is 0 Å². The quantitative estimate of drug-likeness (QED) is 0.0526. The molecule has 11 heteroatoms. The van der Waals surface area contributed by atoms with Crippen molar-refractivity contribution in [2.75, 3.05) is 31.6 Å². The van der Waals surface area contributed by atoms with Gasteiger partial charge in [0.1, 0.15) is 24.5 Å². The van der Waals surface area contributed by atoms with Crippen LogP contribution in [0.3, 0.4) is 0 Å². The van der Waals surface area contributed by atoms with E-state index in [-0.39, 0.29) is 18.2 Å². The molecule has 1 aromatic heterocycles. The molecule has 50 heavy (non-hydrogen) atoms. The fraction of sp³-hybridized carbons (Fsp3) is 0.333. The lowest BCUT2D eigenvalue weighted by atomic mass is 10.1. The predicted octanol–water partition coefficient (Wildman–Crippen LogP) is 6.47. The van der Waals surface area contributed by atoms with E-state index >= 15 is 0 Å². The van der Waals surface area contributed by atoms with E-state index in [4.69, 9.17) is 4.79 Å². The molecule has 3 aromatic carbocycles. The van der Waals surface area contributed by atoms with Crippen LogP contribution in [0.1, 0.15) is 50.8 Å². The number of carbonyl (C=O) groups is 4. The Kier molecular flexibility index (Phi) is 21.9. The van der Waals surface area contributed by atoms with Crippen molar-refractivity contribution in [3.8, 4) is 5.75 Å². The lowest BCUT2D eigenvalue weighted by molar-refractivity contribution is -0.122. The summed E-state index contributed by atoms with van der Waals surface area (Å²) in [6.07, 6.45) is 4.01. The van der Waals surface area contributed by atoms with Gasteiger partial charge in [0.05, 0.1) is 6.54 Å². The van der Waals surface area contributed by atoms with E-state index in [0.717, 1.165) is 18.1 Å². The van der Waals surface area contributed by atoms with Crippen LogP contribution in [0.5, 0.6) is 5.75 Å². The first-order valence-electron chi connectivity index (χ1n) is 16.6. The Morgan fingerprint density at radius 1 is 1.02 bits per heavy atom. The van der Waals surface area contributed by atoms with Crippen molar-refractivity contribution in [1.29, 1.82) is 0 Å². The summed E-state index contributed by atoms with van der Waals surface area (Å²) >= 11 is 1.74. The normalized spacial score (nSPS) is 10.7. The molecular weight excluding hydrogens is 651 g/mol. The Morgan fingerprint density at radius 2 is 1.66 bits per heavy atom. The average molecular weight is 704 g/mol. The maximum atomic E-state index is 13.9. The summed E-state index contributed by atoms with van der Waals surface area (Å²) < 4.78 is 1.25. The topological polar surface area (TPSA) is 122 Å². The maximum Gasteiger partial charge on any atom is 0.244 e. The predicted molar refractivity (Wildman–Crippen MR) is 206 cm³/mol. The van der Waals surface area contributed by atoms with Gasteiger partial charge in [-0.3, -0.25) is 30.1 Å². The number of hydrogen-bond acceptors (Lipinski definition) is 9. The van der Waals surface area contributed by atoms with Crippen LogP contribution in [-0.4, -0.2) is 72.8 Å². The van der Waals surface area contributed by atoms with Gasteiger partial charge in [-0.05, 0) is 73.1 Å². The Labute approximate surface area is 301 Å². The fourth-order valence-corrected chi connectivity index (χ4v) is 5.72. The van der Waals surface area contributed by atoms with Crippen molar-refractivity contribution in [2.24, 2.45) is 0 Å². The Hall–Kier alpha value is -4.68. The minimum atomic E-state index is -0.425. The molecule has 0 saturated heterocycles. The van der Waals surface area contributed by atoms with Crippen molar-refractivity contribution in [1.82, 2.24) is 20.7 Å². The first-order chi connectivity index (χ1) is 24.2. The molecule has 0 aliphatic carbocycles. The van der Waals surface area contributed by atoms with Crippen molar-refractivity contribution >= 4 is 52.0 Å². The van der Waals surface area contributed by atoms with Gasteiger partial charge in [-0.1, -0.05) is 74.9 Å². The minimum Gasteiger partial charge on any atom is -0.508 e. The molecule has 0 spiro atoms. The van der Waals surface area contributed by atoms with Gasteiger partial charge >= 0.3 is 0 Å². The number of likely N-dealkylation sites (N-methyl/N-ethyl adjacent to an activating group) is 1. The smallest absolute Gasteiger partial charge is 0.244 e. The molecule has 270 valence electrons. The number of rotatable bonds is 16. The number of aldehydes is 2. The second-order valence-corrected chi connectivity index (χ2v) is 11.8. The molecule has 0 aliphatic rings. The standard InChI is InChI=1S/C32H37N5O3S.C3H6O.C2H4O.C2H6/c1-4-16-36(34-23-38)21-32(40)37(27-11-13-28(39)14-12-27)31(33-18-25-8-6-5-7-9-25)20-35(3)19-26-22-41-30-15-10-24(2)17-29(26)30;1-2-3-4;1-2-3;1-2/h4-15,17,22-23,31,33,39H,1,16,18-21H2,2-3H3,(H,34,38);3H,2H2,1H3;2H,1H3;1-2H3. The summed E-state index contributed by atoms with van der Waals surface area (Å²) in [5.41, 5.74) is 6.77. The maximum absolute atomic E-state index is 13.9. The van der Waals surface area contributed by atoms with Crippen molar-refractivity contribution in [2.45, 2.75) is 60.3 Å². The number of nitrogens with one attached hydrogen (secondary N) is 2. The number of hydrazine groups is 1. The first kappa shape index (κ1) is 43.3. The van der Waals surface area contributed by atoms with Crippen LogP contribution in [-0.2, 0) is 32.3 Å². The number of aryl methyl sites for hydroxylation is 1. The van der Waals surface area contributed by atoms with Gasteiger partial charge in [0.15, 0.2) is 0 Å². The van der Waals surface area contributed by atoms with Crippen LogP contribution in [0.2, 0.25) is 0 Å². The average Bonchev–Trinajstić information content (AvgIpc) is 3.51. The van der Waals surface area contributed by atoms with E-state index in [1.165, 1.54) is 33.1 Å². The highest BCUT2D eigenvalue weighted by molar-refractivity contribution is 7.17. The summed E-state index contributed by atoms with van der Waals surface area (Å²) in [5.74, 6) is -0.106. The van der Waals surface area contributed by atoms with Crippen LogP contribution in [0.4, 0.5) is 5.69 Å². The molecule has 2 amide bonds. The van der Waals surface area contributed by atoms with Gasteiger partial charge < -0.3 is 14.7 Å². The van der Waals surface area contributed by atoms with Crippen LogP contribution in [0.25, 0.3) is 10.1 Å². The highest BCUT2D eigenvalue weighted by Crippen LogP contribution is 2.28. The summed E-state index contributed by atoms with van der Waals surface area (Å²) in [4.78, 5) is 47.0. The van der Waals surface area contributed by atoms with Gasteiger partial charge in [0.25, 0.3) is 0 Å². The zero-order chi connectivity index (χ0) is 37.3. The number of benzene rings is 3. The van der Waals surface area contributed by atoms with E-state index in [1.54, 1.807) is 46.6 Å². The van der Waals surface area contributed by atoms with Gasteiger partial charge in [-0.15, -0.1) is 17.9 Å². The van der Waals surface area contributed by atoms with Crippen molar-refractivity contribution in [3.05, 3.63) is 108 Å². The number of fused-ring (bicyclic) bond motifs is 1. The van der Waals surface area contributed by atoms with Gasteiger partial charge in [0, 0.05) is 43.0 Å². The number of phenolic OH excluding ortho intramolecular Hbond substituents is 1. The largest absolute Gasteiger partial charge is 0.508 e. The van der Waals surface area contributed by atoms with E-state index < -0.39 is 6.17 Å². The van der Waals surface area contributed by atoms with Crippen molar-refractivity contribution < 1.29 is 24.3 Å². The van der Waals surface area contributed by atoms with E-state index in [9.17, 15) is 19.5 Å². The number of hydrogen-bond donors (Lipinski definition) is 3. The zero-order valence-corrected chi connectivity index (χ0v) is 31.0. The van der Waals surface area contributed by atoms with Crippen LogP contribution in [0, 0.1) is 6.92 Å². The van der Waals surface area contributed by atoms with Crippen LogP contribution >= 0.6 is 11.3 Å². The molecule has 0 radical (unpaired) electrons. The molecule has 0 aliphatic heterocycles. The van der Waals surface area contributed by atoms with E-state index in [2.05, 4.69) is 52.7 Å². The highest BCUT2D eigenvalue weighted by atomic mass is 32.1. The molecule has 1 atom stereocenters. The third-order valence-electron chi connectivity index (χ3n) is 6.90. The molecule has 0 fully saturated rings. The minimum absolute atomic E-state index is 0.0622. The van der Waals surface area contributed by atoms with E-state index in [0.29, 0.717) is 44.7 Å². The Bertz CT molecular complexity index is 1550. The lowest BCUT2D eigenvalue weighted by Gasteiger charge is -2.36. The summed E-state index contributed by atoms with van der Waals surface area (Å²) in [6, 6.07) is 23.1. The highest BCUT2D eigenvalue weighted by Gasteiger charge is 2.28. The Morgan fingerprint density at radius 3 is 2.24 bits per heavy atom. The summed E-state index contributed by atoms with van der Waals surface area (Å²) in [6.45, 7) is 15.1. The second kappa shape index (κ2) is 25.3. The molecule has 1 unspecified atom stereocenters. The third kappa shape index (κ3) is 15.3. The molecular formula is C39H53N5O5S. The number of thiophene rings is 1. The molecule has 0 saturated carbocycles. The molecule has 0 bridgehead atoms. The second-order valence-electron chi connectivity index (χ2n) is 10.8. The van der Waals surface area contributed by atoms with Gasteiger partial charge in [-0.2, -0.15) is 0 Å². The Balaban J connectivity index is 0.00000125. The first-order valence-corrected chi connectivity index (χ1v) is 17.5. The zero-order valence-electron chi connectivity index (χ0n) is 30.2. The number of phenols is 1. The van der Waals surface area contributed by atoms with Gasteiger partial charge in [-0.25, -0.2) is 5.01 Å². The van der Waals surface area contributed by atoms with Crippen LogP contribution in [0.15, 0.2) is 90.8 Å². The number of nitrogens with zero attached hydrogens (tertiary/aromatic N) is 3. The van der Waals surface area contributed by atoms with E-state index in [1.807, 2.05) is 58.2 Å². The van der Waals surface area contributed by atoms with Crippen LogP contribution < -0.4 is 15.6 Å². The summed E-state index contributed by atoms with van der Waals surface area (Å²) in [7, 11) is 2.05. The molecule has 4 aromatic rings. The number of carbonyl (C=O) groups excluding carboxylic acids is 4. The molecule has 3 N–H and O–H groups in total. The SMILES string of the molecule is C=CCN(CC(=O)N(c1ccc(O)cc1)C(CN(C)Cc1csc2ccc(C)cc12)NCc1ccccc1)NC=O.CC.CC=O.CCC=O. The molecule has 1 heterocycles. The molecule has 10 nitrogen and oxygen atoms in total. The summed E-state index contributed by atoms with van der Waals surface area (Å²) in [5, 5.41) is 18.5. The number of amides is 2. The fourth-order valence-electron chi connectivity index (χ4n) is 4.78. The number of aromatic hydroxyl groups is 1. The number of anilines is 1. The monoisotopic (exact) mass is 703 g/mol.